The number of hydrogen-bond donors (Lipinski definition) is 0. The summed E-state index contributed by atoms with van der Waals surface area (Å²) in [7, 11) is 1.57. The largest absolute Gasteiger partial charge is 0.496 e. The lowest BCUT2D eigenvalue weighted by molar-refractivity contribution is -0.129. The number of carbonyl (C=O) groups excluding carboxylic acids is 1. The van der Waals surface area contributed by atoms with Gasteiger partial charge in [0, 0.05) is 10.0 Å². The molecule has 0 saturated heterocycles. The molecule has 0 radical (unpaired) electrons. The summed E-state index contributed by atoms with van der Waals surface area (Å²) >= 11 is 3.41. The molecule has 1 aliphatic rings. The summed E-state index contributed by atoms with van der Waals surface area (Å²) in [6, 6.07) is 12.8. The number of methoxy groups -OCH3 is 1. The highest BCUT2D eigenvalue weighted by Crippen LogP contribution is 2.29. The van der Waals surface area contributed by atoms with E-state index in [4.69, 9.17) is 14.2 Å². The Bertz CT molecular complexity index is 873. The fraction of sp³-hybridized carbons (Fsp3) is 0.158. The second-order valence-electron chi connectivity index (χ2n) is 5.15. The summed E-state index contributed by atoms with van der Waals surface area (Å²) in [6.07, 6.45) is 1.64. The molecule has 0 aliphatic carbocycles. The van der Waals surface area contributed by atoms with E-state index in [0.29, 0.717) is 23.7 Å². The fourth-order valence-electron chi connectivity index (χ4n) is 2.41. The van der Waals surface area contributed by atoms with Crippen LogP contribution >= 0.6 is 15.9 Å². The van der Waals surface area contributed by atoms with Gasteiger partial charge in [-0.15, -0.1) is 0 Å². The highest BCUT2D eigenvalue weighted by molar-refractivity contribution is 9.10. The lowest BCUT2D eigenvalue weighted by Gasteiger charge is -2.08. The Hall–Kier alpha value is -2.60. The number of carbonyl (C=O) groups is 1. The standard InChI is InChI=1S/C19H16BrNO4/c1-3-24-17-7-5-4-6-14(17)18-21-15(19(22)25-18)11-12-10-13(20)8-9-16(12)23-2/h4-11H,3H2,1-2H3/b15-11+. The molecule has 0 spiro atoms. The van der Waals surface area contributed by atoms with Crippen LogP contribution < -0.4 is 9.47 Å². The molecule has 0 unspecified atom stereocenters. The molecule has 0 bridgehead atoms. The van der Waals surface area contributed by atoms with Crippen LogP contribution in [0.3, 0.4) is 0 Å². The zero-order valence-corrected chi connectivity index (χ0v) is 15.4. The molecule has 0 fully saturated rings. The van der Waals surface area contributed by atoms with Crippen LogP contribution in [0.1, 0.15) is 18.1 Å². The van der Waals surface area contributed by atoms with Crippen molar-refractivity contribution in [2.75, 3.05) is 13.7 Å². The molecule has 5 nitrogen and oxygen atoms in total. The van der Waals surface area contributed by atoms with Gasteiger partial charge in [0.15, 0.2) is 5.70 Å². The van der Waals surface area contributed by atoms with E-state index in [1.165, 1.54) is 0 Å². The summed E-state index contributed by atoms with van der Waals surface area (Å²) in [4.78, 5) is 16.6. The van der Waals surface area contributed by atoms with E-state index >= 15 is 0 Å². The Kier molecular flexibility index (Phi) is 5.19. The molecule has 25 heavy (non-hydrogen) atoms. The lowest BCUT2D eigenvalue weighted by Crippen LogP contribution is -2.07. The Morgan fingerprint density at radius 2 is 2.00 bits per heavy atom. The van der Waals surface area contributed by atoms with Crippen molar-refractivity contribution < 1.29 is 19.0 Å². The Labute approximate surface area is 154 Å². The number of rotatable bonds is 5. The summed E-state index contributed by atoms with van der Waals surface area (Å²) in [5.74, 6) is 0.984. The predicted molar refractivity (Wildman–Crippen MR) is 98.9 cm³/mol. The first-order valence-corrected chi connectivity index (χ1v) is 8.50. The minimum absolute atomic E-state index is 0.206. The van der Waals surface area contributed by atoms with Gasteiger partial charge in [-0.2, -0.15) is 0 Å². The Morgan fingerprint density at radius 1 is 1.20 bits per heavy atom. The SMILES string of the molecule is CCOc1ccccc1C1=N/C(=C/c2cc(Br)ccc2OC)C(=O)O1. The maximum absolute atomic E-state index is 12.2. The minimum atomic E-state index is -0.511. The third kappa shape index (κ3) is 3.74. The zero-order chi connectivity index (χ0) is 17.8. The monoisotopic (exact) mass is 401 g/mol. The number of cyclic esters (lactones) is 1. The van der Waals surface area contributed by atoms with Crippen molar-refractivity contribution in [3.8, 4) is 11.5 Å². The lowest BCUT2D eigenvalue weighted by atomic mass is 10.1. The molecule has 128 valence electrons. The quantitative estimate of drug-likeness (QED) is 0.556. The Morgan fingerprint density at radius 3 is 2.76 bits per heavy atom. The molecular formula is C19H16BrNO4. The van der Waals surface area contributed by atoms with Crippen molar-refractivity contribution in [1.82, 2.24) is 0 Å². The van der Waals surface area contributed by atoms with Crippen LogP contribution in [0.2, 0.25) is 0 Å². The second-order valence-corrected chi connectivity index (χ2v) is 6.07. The molecular weight excluding hydrogens is 386 g/mol. The molecule has 0 atom stereocenters. The van der Waals surface area contributed by atoms with Crippen LogP contribution in [0.15, 0.2) is 57.6 Å². The van der Waals surface area contributed by atoms with E-state index in [9.17, 15) is 4.79 Å². The minimum Gasteiger partial charge on any atom is -0.496 e. The fourth-order valence-corrected chi connectivity index (χ4v) is 2.79. The first-order chi connectivity index (χ1) is 12.1. The van der Waals surface area contributed by atoms with Crippen LogP contribution in [0.4, 0.5) is 0 Å². The van der Waals surface area contributed by atoms with Crippen LogP contribution in [0.25, 0.3) is 6.08 Å². The van der Waals surface area contributed by atoms with Gasteiger partial charge in [0.25, 0.3) is 0 Å². The third-order valence-electron chi connectivity index (χ3n) is 3.52. The number of hydrogen-bond acceptors (Lipinski definition) is 5. The van der Waals surface area contributed by atoms with Crippen molar-refractivity contribution in [3.05, 3.63) is 63.8 Å². The van der Waals surface area contributed by atoms with Gasteiger partial charge < -0.3 is 14.2 Å². The summed E-state index contributed by atoms with van der Waals surface area (Å²) in [5, 5.41) is 0. The molecule has 1 heterocycles. The van der Waals surface area contributed by atoms with Crippen LogP contribution in [-0.4, -0.2) is 25.6 Å². The first-order valence-electron chi connectivity index (χ1n) is 7.70. The van der Waals surface area contributed by atoms with Crippen molar-refractivity contribution in [1.29, 1.82) is 0 Å². The number of aliphatic imine (C=N–C) groups is 1. The highest BCUT2D eigenvalue weighted by atomic mass is 79.9. The molecule has 0 amide bonds. The van der Waals surface area contributed by atoms with Crippen LogP contribution in [0, 0.1) is 0 Å². The molecule has 6 heteroatoms. The topological polar surface area (TPSA) is 57.1 Å². The Balaban J connectivity index is 2.00. The first kappa shape index (κ1) is 17.2. The van der Waals surface area contributed by atoms with Gasteiger partial charge in [-0.05, 0) is 43.3 Å². The van der Waals surface area contributed by atoms with Gasteiger partial charge in [0.1, 0.15) is 11.5 Å². The highest BCUT2D eigenvalue weighted by Gasteiger charge is 2.26. The van der Waals surface area contributed by atoms with E-state index in [2.05, 4.69) is 20.9 Å². The number of ether oxygens (including phenoxy) is 3. The van der Waals surface area contributed by atoms with E-state index < -0.39 is 5.97 Å². The van der Waals surface area contributed by atoms with Gasteiger partial charge in [-0.25, -0.2) is 9.79 Å². The van der Waals surface area contributed by atoms with E-state index in [1.807, 2.05) is 43.3 Å². The number of benzene rings is 2. The third-order valence-corrected chi connectivity index (χ3v) is 4.02. The van der Waals surface area contributed by atoms with Crippen LogP contribution in [-0.2, 0) is 9.53 Å². The molecule has 3 rings (SSSR count). The van der Waals surface area contributed by atoms with Crippen molar-refractivity contribution >= 4 is 33.9 Å². The van der Waals surface area contributed by atoms with Gasteiger partial charge in [-0.1, -0.05) is 28.1 Å². The maximum atomic E-state index is 12.2. The van der Waals surface area contributed by atoms with Gasteiger partial charge in [-0.3, -0.25) is 0 Å². The summed E-state index contributed by atoms with van der Waals surface area (Å²) < 4.78 is 17.1. The molecule has 0 aromatic heterocycles. The maximum Gasteiger partial charge on any atom is 0.363 e. The van der Waals surface area contributed by atoms with Crippen molar-refractivity contribution in [2.45, 2.75) is 6.92 Å². The average molecular weight is 402 g/mol. The molecule has 2 aromatic rings. The number of para-hydroxylation sites is 1. The van der Waals surface area contributed by atoms with E-state index in [0.717, 1.165) is 10.0 Å². The molecule has 0 N–H and O–H groups in total. The van der Waals surface area contributed by atoms with Crippen molar-refractivity contribution in [2.24, 2.45) is 4.99 Å². The van der Waals surface area contributed by atoms with Crippen molar-refractivity contribution in [3.63, 3.8) is 0 Å². The molecule has 1 aliphatic heterocycles. The van der Waals surface area contributed by atoms with Gasteiger partial charge >= 0.3 is 5.97 Å². The average Bonchev–Trinajstić information content (AvgIpc) is 2.96. The predicted octanol–water partition coefficient (Wildman–Crippen LogP) is 4.20. The second kappa shape index (κ2) is 7.53. The van der Waals surface area contributed by atoms with Gasteiger partial charge in [0.2, 0.25) is 5.90 Å². The summed E-state index contributed by atoms with van der Waals surface area (Å²) in [6.45, 7) is 2.40. The number of nitrogens with zero attached hydrogens (tertiary/aromatic N) is 1. The summed E-state index contributed by atoms with van der Waals surface area (Å²) in [5.41, 5.74) is 1.58. The normalized spacial score (nSPS) is 15.1. The van der Waals surface area contributed by atoms with Gasteiger partial charge in [0.05, 0.1) is 19.3 Å². The van der Waals surface area contributed by atoms with E-state index in [-0.39, 0.29) is 11.6 Å². The van der Waals surface area contributed by atoms with E-state index in [1.54, 1.807) is 19.3 Å². The molecule has 0 saturated carbocycles. The molecule has 2 aromatic carbocycles. The smallest absolute Gasteiger partial charge is 0.363 e. The van der Waals surface area contributed by atoms with Crippen LogP contribution in [0.5, 0.6) is 11.5 Å². The number of halogens is 1. The zero-order valence-electron chi connectivity index (χ0n) is 13.8. The number of esters is 1.